The molecule has 0 saturated carbocycles. The van der Waals surface area contributed by atoms with Crippen molar-refractivity contribution in [3.63, 3.8) is 0 Å². The number of rotatable bonds is 3. The molecule has 2 aromatic rings. The number of benzene rings is 1. The van der Waals surface area contributed by atoms with E-state index in [2.05, 4.69) is 4.98 Å². The average molecular weight is 234 g/mol. The van der Waals surface area contributed by atoms with E-state index in [1.165, 1.54) is 0 Å². The molecular formula is C12H8ClNO2. The molecule has 0 unspecified atom stereocenters. The van der Waals surface area contributed by atoms with Crippen LogP contribution in [0.25, 0.3) is 0 Å². The van der Waals surface area contributed by atoms with E-state index in [9.17, 15) is 4.79 Å². The Hall–Kier alpha value is -1.87. The molecule has 3 nitrogen and oxygen atoms in total. The number of halogens is 1. The Morgan fingerprint density at radius 1 is 1.31 bits per heavy atom. The average Bonchev–Trinajstić information content (AvgIpc) is 2.31. The van der Waals surface area contributed by atoms with Crippen LogP contribution in [0.1, 0.15) is 10.4 Å². The molecular weight excluding hydrogens is 226 g/mol. The molecule has 0 radical (unpaired) electrons. The highest BCUT2D eigenvalue weighted by Gasteiger charge is 2.05. The highest BCUT2D eigenvalue weighted by molar-refractivity contribution is 6.30. The van der Waals surface area contributed by atoms with E-state index in [1.54, 1.807) is 42.7 Å². The molecule has 0 fully saturated rings. The molecule has 0 amide bonds. The van der Waals surface area contributed by atoms with Crippen LogP contribution in [0.15, 0.2) is 42.7 Å². The van der Waals surface area contributed by atoms with Crippen LogP contribution in [0, 0.1) is 0 Å². The maximum atomic E-state index is 10.8. The number of hydrogen-bond acceptors (Lipinski definition) is 3. The largest absolute Gasteiger partial charge is 0.455 e. The molecule has 0 N–H and O–H groups in total. The lowest BCUT2D eigenvalue weighted by Crippen LogP contribution is -1.90. The second kappa shape index (κ2) is 4.77. The lowest BCUT2D eigenvalue weighted by molar-refractivity contribution is 0.112. The standard InChI is InChI=1S/C12H8ClNO2/c13-10-4-3-9(8-15)12(6-10)16-11-2-1-5-14-7-11/h1-8H. The number of hydrogen-bond donors (Lipinski definition) is 0. The third-order valence-corrected chi connectivity index (χ3v) is 2.20. The van der Waals surface area contributed by atoms with Gasteiger partial charge in [0, 0.05) is 17.3 Å². The van der Waals surface area contributed by atoms with E-state index in [0.717, 1.165) is 6.29 Å². The maximum Gasteiger partial charge on any atom is 0.153 e. The van der Waals surface area contributed by atoms with E-state index >= 15 is 0 Å². The van der Waals surface area contributed by atoms with Gasteiger partial charge in [-0.25, -0.2) is 0 Å². The smallest absolute Gasteiger partial charge is 0.153 e. The predicted octanol–water partition coefficient (Wildman–Crippen LogP) is 3.34. The molecule has 0 bridgehead atoms. The van der Waals surface area contributed by atoms with Crippen molar-refractivity contribution >= 4 is 17.9 Å². The van der Waals surface area contributed by atoms with E-state index in [1.807, 2.05) is 0 Å². The fourth-order valence-electron chi connectivity index (χ4n) is 1.23. The predicted molar refractivity (Wildman–Crippen MR) is 61.2 cm³/mol. The van der Waals surface area contributed by atoms with E-state index in [-0.39, 0.29) is 0 Å². The summed E-state index contributed by atoms with van der Waals surface area (Å²) >= 11 is 5.83. The van der Waals surface area contributed by atoms with Crippen molar-refractivity contribution in [3.05, 3.63) is 53.3 Å². The van der Waals surface area contributed by atoms with Crippen LogP contribution >= 0.6 is 11.6 Å². The normalized spacial score (nSPS) is 9.81. The van der Waals surface area contributed by atoms with Crippen LogP contribution in [-0.4, -0.2) is 11.3 Å². The fraction of sp³-hybridized carbons (Fsp3) is 0. The summed E-state index contributed by atoms with van der Waals surface area (Å²) < 4.78 is 5.50. The van der Waals surface area contributed by atoms with Crippen LogP contribution in [-0.2, 0) is 0 Å². The molecule has 0 aliphatic heterocycles. The first-order valence-corrected chi connectivity index (χ1v) is 5.00. The van der Waals surface area contributed by atoms with Gasteiger partial charge in [-0.2, -0.15) is 0 Å². The molecule has 4 heteroatoms. The molecule has 16 heavy (non-hydrogen) atoms. The first-order chi connectivity index (χ1) is 7.79. The maximum absolute atomic E-state index is 10.8. The Balaban J connectivity index is 2.33. The highest BCUT2D eigenvalue weighted by atomic mass is 35.5. The van der Waals surface area contributed by atoms with Crippen molar-refractivity contribution in [2.45, 2.75) is 0 Å². The summed E-state index contributed by atoms with van der Waals surface area (Å²) in [6, 6.07) is 8.35. The Labute approximate surface area is 97.7 Å². The van der Waals surface area contributed by atoms with Crippen molar-refractivity contribution in [1.29, 1.82) is 0 Å². The van der Waals surface area contributed by atoms with Gasteiger partial charge in [0.1, 0.15) is 11.5 Å². The van der Waals surface area contributed by atoms with Crippen molar-refractivity contribution in [3.8, 4) is 11.5 Å². The summed E-state index contributed by atoms with van der Waals surface area (Å²) in [4.78, 5) is 14.7. The number of carbonyl (C=O) groups is 1. The molecule has 1 heterocycles. The van der Waals surface area contributed by atoms with Gasteiger partial charge in [-0.3, -0.25) is 9.78 Å². The molecule has 1 aromatic carbocycles. The SMILES string of the molecule is O=Cc1ccc(Cl)cc1Oc1cccnc1. The number of pyridine rings is 1. The van der Waals surface area contributed by atoms with Crippen molar-refractivity contribution in [2.24, 2.45) is 0 Å². The summed E-state index contributed by atoms with van der Waals surface area (Å²) in [7, 11) is 0. The highest BCUT2D eigenvalue weighted by Crippen LogP contribution is 2.26. The summed E-state index contributed by atoms with van der Waals surface area (Å²) in [6.07, 6.45) is 3.93. The zero-order valence-electron chi connectivity index (χ0n) is 8.26. The van der Waals surface area contributed by atoms with Gasteiger partial charge in [-0.15, -0.1) is 0 Å². The first kappa shape index (κ1) is 10.6. The summed E-state index contributed by atoms with van der Waals surface area (Å²) in [5.41, 5.74) is 0.452. The van der Waals surface area contributed by atoms with Crippen molar-refractivity contribution in [1.82, 2.24) is 4.98 Å². The first-order valence-electron chi connectivity index (χ1n) is 4.62. The Morgan fingerprint density at radius 3 is 2.88 bits per heavy atom. The monoisotopic (exact) mass is 233 g/mol. The van der Waals surface area contributed by atoms with Gasteiger partial charge in [0.25, 0.3) is 0 Å². The van der Waals surface area contributed by atoms with E-state index in [0.29, 0.717) is 22.1 Å². The Bertz CT molecular complexity index is 500. The van der Waals surface area contributed by atoms with E-state index < -0.39 is 0 Å². The minimum Gasteiger partial charge on any atom is -0.455 e. The van der Waals surface area contributed by atoms with Crippen molar-refractivity contribution in [2.75, 3.05) is 0 Å². The van der Waals surface area contributed by atoms with Crippen LogP contribution in [0.2, 0.25) is 5.02 Å². The second-order valence-corrected chi connectivity index (χ2v) is 3.53. The van der Waals surface area contributed by atoms with Crippen LogP contribution in [0.5, 0.6) is 11.5 Å². The quantitative estimate of drug-likeness (QED) is 0.764. The van der Waals surface area contributed by atoms with Crippen LogP contribution < -0.4 is 4.74 Å². The van der Waals surface area contributed by atoms with Gasteiger partial charge < -0.3 is 4.74 Å². The minimum absolute atomic E-state index is 0.426. The number of aldehydes is 1. The Morgan fingerprint density at radius 2 is 2.19 bits per heavy atom. The third-order valence-electron chi connectivity index (χ3n) is 1.96. The van der Waals surface area contributed by atoms with Gasteiger partial charge in [0.2, 0.25) is 0 Å². The summed E-state index contributed by atoms with van der Waals surface area (Å²) in [5.74, 6) is 0.989. The topological polar surface area (TPSA) is 39.2 Å². The minimum atomic E-state index is 0.426. The van der Waals surface area contributed by atoms with Crippen LogP contribution in [0.4, 0.5) is 0 Å². The fourth-order valence-corrected chi connectivity index (χ4v) is 1.39. The lowest BCUT2D eigenvalue weighted by atomic mass is 10.2. The van der Waals surface area contributed by atoms with Crippen LogP contribution in [0.3, 0.4) is 0 Å². The zero-order chi connectivity index (χ0) is 11.4. The summed E-state index contributed by atoms with van der Waals surface area (Å²) in [5, 5.41) is 0.518. The summed E-state index contributed by atoms with van der Waals surface area (Å²) in [6.45, 7) is 0. The number of aromatic nitrogens is 1. The Kier molecular flexibility index (Phi) is 3.17. The molecule has 0 spiro atoms. The number of nitrogens with zero attached hydrogens (tertiary/aromatic N) is 1. The molecule has 0 aliphatic rings. The van der Waals surface area contributed by atoms with Gasteiger partial charge in [0.05, 0.1) is 11.8 Å². The molecule has 2 rings (SSSR count). The molecule has 0 saturated heterocycles. The van der Waals surface area contributed by atoms with Gasteiger partial charge in [-0.05, 0) is 24.3 Å². The third kappa shape index (κ3) is 2.38. The molecule has 80 valence electrons. The lowest BCUT2D eigenvalue weighted by Gasteiger charge is -2.07. The van der Waals surface area contributed by atoms with Crippen molar-refractivity contribution < 1.29 is 9.53 Å². The number of ether oxygens (including phenoxy) is 1. The second-order valence-electron chi connectivity index (χ2n) is 3.09. The van der Waals surface area contributed by atoms with E-state index in [4.69, 9.17) is 16.3 Å². The zero-order valence-corrected chi connectivity index (χ0v) is 9.02. The molecule has 1 aromatic heterocycles. The van der Waals surface area contributed by atoms with Gasteiger partial charge in [-0.1, -0.05) is 11.6 Å². The molecule has 0 aliphatic carbocycles. The van der Waals surface area contributed by atoms with Gasteiger partial charge >= 0.3 is 0 Å². The van der Waals surface area contributed by atoms with Gasteiger partial charge in [0.15, 0.2) is 6.29 Å². The number of carbonyl (C=O) groups excluding carboxylic acids is 1. The molecule has 0 atom stereocenters.